The highest BCUT2D eigenvalue weighted by molar-refractivity contribution is 5.94. The Kier molecular flexibility index (Phi) is 10.6. The molecule has 2 heterocycles. The van der Waals surface area contributed by atoms with Crippen LogP contribution in [0.1, 0.15) is 48.8 Å². The topological polar surface area (TPSA) is 172 Å². The first kappa shape index (κ1) is 32.2. The maximum Gasteiger partial charge on any atom is 0.334 e. The molecule has 0 saturated carbocycles. The molecule has 1 fully saturated rings. The van der Waals surface area contributed by atoms with Crippen LogP contribution in [0.2, 0.25) is 0 Å². The highest BCUT2D eigenvalue weighted by atomic mass is 16.7. The number of carbonyl (C=O) groups excluding carboxylic acids is 2. The summed E-state index contributed by atoms with van der Waals surface area (Å²) in [5, 5.41) is 51.6. The van der Waals surface area contributed by atoms with E-state index in [1.54, 1.807) is 12.1 Å². The minimum atomic E-state index is -2.16. The Hall–Kier alpha value is -3.74. The van der Waals surface area contributed by atoms with Gasteiger partial charge in [-0.25, -0.2) is 4.79 Å². The van der Waals surface area contributed by atoms with Crippen LogP contribution in [0.25, 0.3) is 6.08 Å². The van der Waals surface area contributed by atoms with Crippen LogP contribution in [0.3, 0.4) is 0 Å². The summed E-state index contributed by atoms with van der Waals surface area (Å²) in [5.74, 6) is -4.06. The largest absolute Gasteiger partial charge is 0.504 e. The second-order valence-electron chi connectivity index (χ2n) is 10.7. The van der Waals surface area contributed by atoms with Crippen molar-refractivity contribution in [1.82, 2.24) is 0 Å². The molecule has 0 amide bonds. The number of fused-ring (bicyclic) bond motifs is 2. The quantitative estimate of drug-likeness (QED) is 0.138. The third kappa shape index (κ3) is 7.62. The number of hydrogen-bond acceptors (Lipinski definition) is 11. The van der Waals surface area contributed by atoms with Crippen molar-refractivity contribution in [2.24, 2.45) is 0 Å². The van der Waals surface area contributed by atoms with Crippen molar-refractivity contribution in [2.75, 3.05) is 20.3 Å². The number of carbonyl (C=O) groups is 2. The molecule has 0 radical (unpaired) electrons. The molecule has 6 atom stereocenters. The van der Waals surface area contributed by atoms with E-state index >= 15 is 0 Å². The van der Waals surface area contributed by atoms with Gasteiger partial charge in [-0.2, -0.15) is 0 Å². The van der Waals surface area contributed by atoms with E-state index in [-0.39, 0.29) is 49.0 Å². The second kappa shape index (κ2) is 14.2. The molecule has 2 aliphatic heterocycles. The van der Waals surface area contributed by atoms with Gasteiger partial charge in [0.2, 0.25) is 5.79 Å². The lowest BCUT2D eigenvalue weighted by Gasteiger charge is -2.48. The lowest BCUT2D eigenvalue weighted by molar-refractivity contribution is -0.329. The van der Waals surface area contributed by atoms with Crippen molar-refractivity contribution in [3.63, 3.8) is 0 Å². The number of aliphatic hydroxyl groups excluding tert-OH is 3. The fraction of sp³-hybridized carbons (Fsp3) is 0.438. The summed E-state index contributed by atoms with van der Waals surface area (Å²) < 4.78 is 22.0. The predicted molar refractivity (Wildman–Crippen MR) is 154 cm³/mol. The number of methoxy groups -OCH3 is 1. The summed E-state index contributed by atoms with van der Waals surface area (Å²) in [6.45, 7) is 0.934. The van der Waals surface area contributed by atoms with Crippen molar-refractivity contribution < 1.29 is 54.1 Å². The summed E-state index contributed by atoms with van der Waals surface area (Å²) in [6.07, 6.45) is 0.237. The summed E-state index contributed by atoms with van der Waals surface area (Å²) in [7, 11) is 1.39. The van der Waals surface area contributed by atoms with Crippen molar-refractivity contribution >= 4 is 18.0 Å². The predicted octanol–water partition coefficient (Wildman–Crippen LogP) is 2.13. The molecule has 4 rings (SSSR count). The monoisotopic (exact) mass is 598 g/mol. The normalized spacial score (nSPS) is 25.6. The molecule has 1 saturated heterocycles. The first-order valence-electron chi connectivity index (χ1n) is 14.1. The molecule has 2 aromatic rings. The zero-order valence-electron chi connectivity index (χ0n) is 24.1. The SMILES string of the molecule is COc1cc(/C=C(\C[C@H](CCO)c2cccc(CCO)c2)C(=O)O[C@@H]2[C@H](OC(C)=O)[C@@H](O)[C@@H]3CC=C[C@@]2(O)O3)ccc1O. The number of ether oxygens (including phenoxy) is 4. The molecule has 43 heavy (non-hydrogen) atoms. The second-order valence-corrected chi connectivity index (χ2v) is 10.7. The molecule has 2 bridgehead atoms. The minimum Gasteiger partial charge on any atom is -0.504 e. The fourth-order valence-electron chi connectivity index (χ4n) is 5.49. The number of aromatic hydroxyl groups is 1. The average molecular weight is 599 g/mol. The van der Waals surface area contributed by atoms with Crippen LogP contribution in [0.15, 0.2) is 60.2 Å². The standard InChI is InChI=1S/C32H38O11/c1-19(35)41-29-28(37)26-7-4-12-32(39,43-26)30(29)42-31(38)24(16-21-8-9-25(36)27(17-21)40-2)18-23(11-14-34)22-6-3-5-20(15-22)10-13-33/h3-6,8-9,12,15-17,23,26,28-30,33-34,36-37,39H,7,10-11,13-14,18H2,1-2H3/b24-16+/t23-,26-,28-,29+,30+,32+/m0/s1. The van der Waals surface area contributed by atoms with E-state index in [9.17, 15) is 35.1 Å². The third-order valence-electron chi connectivity index (χ3n) is 7.60. The molecule has 11 heteroatoms. The van der Waals surface area contributed by atoms with Crippen LogP contribution in [0.5, 0.6) is 11.5 Å². The highest BCUT2D eigenvalue weighted by Gasteiger charge is 2.57. The van der Waals surface area contributed by atoms with Crippen LogP contribution in [-0.4, -0.2) is 88.0 Å². The van der Waals surface area contributed by atoms with Gasteiger partial charge in [-0.05, 0) is 72.6 Å². The Bertz CT molecular complexity index is 1350. The molecule has 2 aliphatic rings. The summed E-state index contributed by atoms with van der Waals surface area (Å²) >= 11 is 0. The van der Waals surface area contributed by atoms with E-state index in [0.29, 0.717) is 18.4 Å². The van der Waals surface area contributed by atoms with Crippen LogP contribution in [-0.2, 0) is 30.2 Å². The number of aliphatic hydroxyl groups is 4. The van der Waals surface area contributed by atoms with E-state index in [2.05, 4.69) is 0 Å². The lowest BCUT2D eigenvalue weighted by atomic mass is 9.86. The number of rotatable bonds is 12. The van der Waals surface area contributed by atoms with Gasteiger partial charge in [-0.15, -0.1) is 0 Å². The average Bonchev–Trinajstić information content (AvgIpc) is 2.98. The first-order chi connectivity index (χ1) is 20.6. The number of phenols is 1. The van der Waals surface area contributed by atoms with Gasteiger partial charge in [0.05, 0.1) is 13.2 Å². The molecule has 0 spiro atoms. The van der Waals surface area contributed by atoms with E-state index in [1.807, 2.05) is 24.3 Å². The van der Waals surface area contributed by atoms with Crippen molar-refractivity contribution in [3.8, 4) is 11.5 Å². The van der Waals surface area contributed by atoms with Crippen molar-refractivity contribution in [3.05, 3.63) is 76.9 Å². The van der Waals surface area contributed by atoms with Gasteiger partial charge >= 0.3 is 11.9 Å². The zero-order chi connectivity index (χ0) is 31.1. The molecule has 5 N–H and O–H groups in total. The summed E-state index contributed by atoms with van der Waals surface area (Å²) in [5.41, 5.74) is 2.33. The van der Waals surface area contributed by atoms with Crippen LogP contribution >= 0.6 is 0 Å². The molecule has 0 unspecified atom stereocenters. The Morgan fingerprint density at radius 1 is 1.14 bits per heavy atom. The molecular weight excluding hydrogens is 560 g/mol. The Balaban J connectivity index is 1.74. The van der Waals surface area contributed by atoms with Crippen LogP contribution in [0.4, 0.5) is 0 Å². The third-order valence-corrected chi connectivity index (χ3v) is 7.60. The molecule has 0 aliphatic carbocycles. The molecular formula is C32H38O11. The first-order valence-corrected chi connectivity index (χ1v) is 14.1. The number of phenolic OH excluding ortho intramolecular Hbond substituents is 1. The van der Waals surface area contributed by atoms with Gasteiger partial charge in [0.15, 0.2) is 23.7 Å². The maximum absolute atomic E-state index is 13.9. The summed E-state index contributed by atoms with van der Waals surface area (Å²) in [6, 6.07) is 12.0. The number of benzene rings is 2. The van der Waals surface area contributed by atoms with Gasteiger partial charge in [0, 0.05) is 25.7 Å². The Labute approximate surface area is 249 Å². The zero-order valence-corrected chi connectivity index (χ0v) is 24.1. The highest BCUT2D eigenvalue weighted by Crippen LogP contribution is 2.39. The molecule has 11 nitrogen and oxygen atoms in total. The van der Waals surface area contributed by atoms with E-state index in [1.165, 1.54) is 31.4 Å². The van der Waals surface area contributed by atoms with E-state index in [0.717, 1.165) is 18.1 Å². The van der Waals surface area contributed by atoms with Gasteiger partial charge in [0.25, 0.3) is 0 Å². The van der Waals surface area contributed by atoms with Crippen LogP contribution < -0.4 is 4.74 Å². The van der Waals surface area contributed by atoms with Gasteiger partial charge < -0.3 is 44.5 Å². The summed E-state index contributed by atoms with van der Waals surface area (Å²) in [4.78, 5) is 25.9. The van der Waals surface area contributed by atoms with Gasteiger partial charge in [-0.1, -0.05) is 36.4 Å². The smallest absolute Gasteiger partial charge is 0.334 e. The number of esters is 2. The van der Waals surface area contributed by atoms with Crippen LogP contribution in [0, 0.1) is 0 Å². The molecule has 0 aromatic heterocycles. The lowest BCUT2D eigenvalue weighted by Crippen LogP contribution is -2.66. The maximum atomic E-state index is 13.9. The van der Waals surface area contributed by atoms with E-state index < -0.39 is 42.1 Å². The van der Waals surface area contributed by atoms with E-state index in [4.69, 9.17) is 18.9 Å². The van der Waals surface area contributed by atoms with Crippen molar-refractivity contribution in [2.45, 2.75) is 68.7 Å². The molecule has 232 valence electrons. The van der Waals surface area contributed by atoms with Crippen molar-refractivity contribution in [1.29, 1.82) is 0 Å². The molecule has 2 aromatic carbocycles. The number of hydrogen-bond donors (Lipinski definition) is 5. The Morgan fingerprint density at radius 2 is 1.93 bits per heavy atom. The van der Waals surface area contributed by atoms with Gasteiger partial charge in [0.1, 0.15) is 6.10 Å². The Morgan fingerprint density at radius 3 is 2.63 bits per heavy atom. The minimum absolute atomic E-state index is 0.0364. The van der Waals surface area contributed by atoms with Gasteiger partial charge in [-0.3, -0.25) is 4.79 Å². The fourth-order valence-corrected chi connectivity index (χ4v) is 5.49.